The number of ether oxygens (including phenoxy) is 2. The standard InChI is InChI=1S/C22H30N2O4/c1-27-18-6-17(7-19(8-18)28-2)24-21(26)13-23-20(25)12-22-9-14-3-15(10-22)5-16(4-14)11-22/h6-8,14-16H,3-5,9-13H2,1-2H3,(H,23,25)(H,24,26). The molecule has 152 valence electrons. The molecule has 0 unspecified atom stereocenters. The second-order valence-electron chi connectivity index (χ2n) is 9.02. The normalized spacial score (nSPS) is 30.0. The minimum atomic E-state index is -0.255. The van der Waals surface area contributed by atoms with E-state index in [1.165, 1.54) is 38.5 Å². The number of rotatable bonds is 7. The third kappa shape index (κ3) is 4.10. The Morgan fingerprint density at radius 1 is 0.929 bits per heavy atom. The zero-order valence-corrected chi connectivity index (χ0v) is 16.8. The van der Waals surface area contributed by atoms with Crippen LogP contribution in [0.2, 0.25) is 0 Å². The van der Waals surface area contributed by atoms with Crippen LogP contribution in [0.15, 0.2) is 18.2 Å². The first kappa shape index (κ1) is 19.1. The van der Waals surface area contributed by atoms with Gasteiger partial charge in [0.2, 0.25) is 11.8 Å². The lowest BCUT2D eigenvalue weighted by atomic mass is 9.49. The molecule has 0 saturated heterocycles. The van der Waals surface area contributed by atoms with Crippen LogP contribution in [0, 0.1) is 23.2 Å². The van der Waals surface area contributed by atoms with Gasteiger partial charge >= 0.3 is 0 Å². The van der Waals surface area contributed by atoms with Gasteiger partial charge in [-0.3, -0.25) is 9.59 Å². The molecule has 0 atom stereocenters. The molecule has 4 aliphatic rings. The van der Waals surface area contributed by atoms with Crippen LogP contribution in [0.5, 0.6) is 11.5 Å². The molecule has 1 aromatic carbocycles. The van der Waals surface area contributed by atoms with Crippen LogP contribution >= 0.6 is 0 Å². The number of hydrogen-bond donors (Lipinski definition) is 2. The molecule has 1 aromatic rings. The van der Waals surface area contributed by atoms with Gasteiger partial charge in [-0.25, -0.2) is 0 Å². The average Bonchev–Trinajstić information content (AvgIpc) is 2.64. The fraction of sp³-hybridized carbons (Fsp3) is 0.636. The minimum absolute atomic E-state index is 0.000299. The van der Waals surface area contributed by atoms with Crippen molar-refractivity contribution in [3.8, 4) is 11.5 Å². The smallest absolute Gasteiger partial charge is 0.243 e. The van der Waals surface area contributed by atoms with E-state index in [1.807, 2.05) is 0 Å². The van der Waals surface area contributed by atoms with Crippen LogP contribution in [-0.2, 0) is 9.59 Å². The summed E-state index contributed by atoms with van der Waals surface area (Å²) in [5.41, 5.74) is 0.770. The lowest BCUT2D eigenvalue weighted by Crippen LogP contribution is -2.48. The Kier molecular flexibility index (Phi) is 5.21. The van der Waals surface area contributed by atoms with Crippen LogP contribution in [0.3, 0.4) is 0 Å². The summed E-state index contributed by atoms with van der Waals surface area (Å²) in [7, 11) is 3.12. The summed E-state index contributed by atoms with van der Waals surface area (Å²) in [6.07, 6.45) is 8.26. The first-order chi connectivity index (χ1) is 13.5. The second-order valence-corrected chi connectivity index (χ2v) is 9.02. The Morgan fingerprint density at radius 3 is 1.96 bits per heavy atom. The van der Waals surface area contributed by atoms with Crippen molar-refractivity contribution in [3.63, 3.8) is 0 Å². The molecule has 4 aliphatic carbocycles. The van der Waals surface area contributed by atoms with Crippen molar-refractivity contribution in [3.05, 3.63) is 18.2 Å². The lowest BCUT2D eigenvalue weighted by molar-refractivity contribution is -0.131. The topological polar surface area (TPSA) is 76.7 Å². The number of hydrogen-bond acceptors (Lipinski definition) is 4. The van der Waals surface area contributed by atoms with Gasteiger partial charge in [-0.1, -0.05) is 0 Å². The zero-order chi connectivity index (χ0) is 19.7. The minimum Gasteiger partial charge on any atom is -0.497 e. The molecule has 6 heteroatoms. The second kappa shape index (κ2) is 7.64. The van der Waals surface area contributed by atoms with Gasteiger partial charge in [0.15, 0.2) is 0 Å². The Morgan fingerprint density at radius 2 is 1.46 bits per heavy atom. The van der Waals surface area contributed by atoms with Gasteiger partial charge in [0, 0.05) is 30.3 Å². The van der Waals surface area contributed by atoms with Gasteiger partial charge in [-0.05, 0) is 61.7 Å². The van der Waals surface area contributed by atoms with Gasteiger partial charge in [0.25, 0.3) is 0 Å². The molecule has 4 fully saturated rings. The molecule has 2 N–H and O–H groups in total. The summed E-state index contributed by atoms with van der Waals surface area (Å²) in [4.78, 5) is 24.8. The van der Waals surface area contributed by atoms with Crippen molar-refractivity contribution in [2.75, 3.05) is 26.1 Å². The van der Waals surface area contributed by atoms with Crippen molar-refractivity contribution in [2.45, 2.75) is 44.9 Å². The van der Waals surface area contributed by atoms with Crippen LogP contribution in [-0.4, -0.2) is 32.6 Å². The molecule has 0 heterocycles. The number of anilines is 1. The number of carbonyl (C=O) groups is 2. The van der Waals surface area contributed by atoms with Crippen LogP contribution in [0.4, 0.5) is 5.69 Å². The Hall–Kier alpha value is -2.24. The molecule has 0 spiro atoms. The van der Waals surface area contributed by atoms with Crippen molar-refractivity contribution < 1.29 is 19.1 Å². The first-order valence-corrected chi connectivity index (χ1v) is 10.3. The molecule has 0 aliphatic heterocycles. The Balaban J connectivity index is 1.29. The largest absolute Gasteiger partial charge is 0.497 e. The number of carbonyl (C=O) groups excluding carboxylic acids is 2. The number of nitrogens with one attached hydrogen (secondary N) is 2. The van der Waals surface area contributed by atoms with E-state index < -0.39 is 0 Å². The summed E-state index contributed by atoms with van der Waals surface area (Å²) in [6.45, 7) is -0.0231. The molecule has 0 radical (unpaired) electrons. The van der Waals surface area contributed by atoms with Crippen LogP contribution in [0.1, 0.15) is 44.9 Å². The van der Waals surface area contributed by atoms with Crippen LogP contribution < -0.4 is 20.1 Å². The molecule has 4 saturated carbocycles. The van der Waals surface area contributed by atoms with Gasteiger partial charge in [0.05, 0.1) is 20.8 Å². The Bertz CT molecular complexity index is 703. The van der Waals surface area contributed by atoms with E-state index in [9.17, 15) is 9.59 Å². The van der Waals surface area contributed by atoms with E-state index in [-0.39, 0.29) is 23.8 Å². The monoisotopic (exact) mass is 386 g/mol. The van der Waals surface area contributed by atoms with E-state index in [2.05, 4.69) is 10.6 Å². The predicted molar refractivity (Wildman–Crippen MR) is 106 cm³/mol. The van der Waals surface area contributed by atoms with Crippen molar-refractivity contribution in [1.82, 2.24) is 5.32 Å². The van der Waals surface area contributed by atoms with E-state index in [0.717, 1.165) is 17.8 Å². The molecule has 5 rings (SSSR count). The average molecular weight is 386 g/mol. The highest BCUT2D eigenvalue weighted by Crippen LogP contribution is 2.61. The molecule has 0 aromatic heterocycles. The van der Waals surface area contributed by atoms with Crippen molar-refractivity contribution in [2.24, 2.45) is 23.2 Å². The summed E-state index contributed by atoms with van der Waals surface area (Å²) in [6, 6.07) is 5.18. The summed E-state index contributed by atoms with van der Waals surface area (Å²) < 4.78 is 10.4. The van der Waals surface area contributed by atoms with Gasteiger partial charge in [-0.2, -0.15) is 0 Å². The SMILES string of the molecule is COc1cc(NC(=O)CNC(=O)CC23CC4CC(CC(C4)C2)C3)cc(OC)c1. The molecule has 4 bridgehead atoms. The maximum Gasteiger partial charge on any atom is 0.243 e. The third-order valence-electron chi connectivity index (χ3n) is 6.78. The zero-order valence-electron chi connectivity index (χ0n) is 16.8. The summed E-state index contributed by atoms with van der Waals surface area (Å²) in [5.74, 6) is 3.41. The van der Waals surface area contributed by atoms with Gasteiger partial charge in [0.1, 0.15) is 11.5 Å². The number of amides is 2. The Labute approximate surface area is 166 Å². The highest BCUT2D eigenvalue weighted by atomic mass is 16.5. The highest BCUT2D eigenvalue weighted by Gasteiger charge is 2.51. The molecule has 2 amide bonds. The number of methoxy groups -OCH3 is 2. The molecular weight excluding hydrogens is 356 g/mol. The molecule has 28 heavy (non-hydrogen) atoms. The third-order valence-corrected chi connectivity index (χ3v) is 6.78. The maximum absolute atomic E-state index is 12.6. The summed E-state index contributed by atoms with van der Waals surface area (Å²) >= 11 is 0. The first-order valence-electron chi connectivity index (χ1n) is 10.3. The van der Waals surface area contributed by atoms with Crippen molar-refractivity contribution >= 4 is 17.5 Å². The predicted octanol–water partition coefficient (Wildman–Crippen LogP) is 3.37. The molecule has 6 nitrogen and oxygen atoms in total. The highest BCUT2D eigenvalue weighted by molar-refractivity contribution is 5.94. The quantitative estimate of drug-likeness (QED) is 0.753. The summed E-state index contributed by atoms with van der Waals surface area (Å²) in [5, 5.41) is 5.61. The van der Waals surface area contributed by atoms with E-state index in [0.29, 0.717) is 23.6 Å². The van der Waals surface area contributed by atoms with E-state index in [4.69, 9.17) is 9.47 Å². The fourth-order valence-corrected chi connectivity index (χ4v) is 6.17. The van der Waals surface area contributed by atoms with Crippen molar-refractivity contribution in [1.29, 1.82) is 0 Å². The maximum atomic E-state index is 12.6. The van der Waals surface area contributed by atoms with E-state index >= 15 is 0 Å². The van der Waals surface area contributed by atoms with E-state index in [1.54, 1.807) is 32.4 Å². The van der Waals surface area contributed by atoms with Gasteiger partial charge < -0.3 is 20.1 Å². The lowest BCUT2D eigenvalue weighted by Gasteiger charge is -2.56. The number of benzene rings is 1. The molecular formula is C22H30N2O4. The fourth-order valence-electron chi connectivity index (χ4n) is 6.17. The van der Waals surface area contributed by atoms with Crippen LogP contribution in [0.25, 0.3) is 0 Å². The van der Waals surface area contributed by atoms with Gasteiger partial charge in [-0.15, -0.1) is 0 Å².